The van der Waals surface area contributed by atoms with E-state index in [-0.39, 0.29) is 44.6 Å². The van der Waals surface area contributed by atoms with Crippen LogP contribution in [0.1, 0.15) is 191 Å². The lowest BCUT2D eigenvalue weighted by Gasteiger charge is -2.46. The number of aryl methyl sites for hydroxylation is 2. The van der Waals surface area contributed by atoms with Crippen molar-refractivity contribution in [3.05, 3.63) is 190 Å². The zero-order valence-electron chi connectivity index (χ0n) is 55.2. The van der Waals surface area contributed by atoms with E-state index < -0.39 is 6.85 Å². The first kappa shape index (κ1) is 51.1. The van der Waals surface area contributed by atoms with Crippen molar-refractivity contribution in [3.63, 3.8) is 0 Å². The fourth-order valence-corrected chi connectivity index (χ4v) is 16.3. The molecule has 0 unspecified atom stereocenters. The van der Waals surface area contributed by atoms with Gasteiger partial charge in [-0.05, 0) is 216 Å². The van der Waals surface area contributed by atoms with Crippen molar-refractivity contribution in [2.45, 2.75) is 189 Å². The van der Waals surface area contributed by atoms with Crippen LogP contribution in [-0.2, 0) is 37.9 Å². The van der Waals surface area contributed by atoms with Crippen molar-refractivity contribution in [2.24, 2.45) is 0 Å². The molecule has 3 nitrogen and oxygen atoms in total. The molecule has 2 aliphatic carbocycles. The minimum Gasteiger partial charge on any atom is -0.311 e. The number of anilines is 9. The monoisotopic (exact) mass is 1100 g/mol. The number of hydrogen-bond donors (Lipinski definition) is 0. The van der Waals surface area contributed by atoms with E-state index in [1.54, 1.807) is 0 Å². The van der Waals surface area contributed by atoms with Crippen LogP contribution in [0.25, 0.3) is 20.2 Å². The molecule has 0 radical (unpaired) electrons. The fraction of sp³-hybridized carbons (Fsp3) is 0.377. The second kappa shape index (κ2) is 18.0. The Balaban J connectivity index is 1.14. The molecule has 5 heteroatoms. The normalized spacial score (nSPS) is 18.1. The number of nitrogens with zero attached hydrogens (tertiary/aromatic N) is 3. The maximum absolute atomic E-state index is 9.43. The number of hydrogen-bond acceptors (Lipinski definition) is 4. The van der Waals surface area contributed by atoms with Crippen LogP contribution >= 0.6 is 11.3 Å². The van der Waals surface area contributed by atoms with Gasteiger partial charge in [-0.2, -0.15) is 0 Å². The second-order valence-corrected chi connectivity index (χ2v) is 31.9. The third kappa shape index (κ3) is 8.62. The maximum atomic E-state index is 9.43. The number of thiophene rings is 1. The van der Waals surface area contributed by atoms with Gasteiger partial charge in [-0.15, -0.1) is 11.3 Å². The minimum absolute atomic E-state index is 0.00821. The molecule has 2 aliphatic heterocycles. The molecule has 0 N–H and O–H groups in total. The van der Waals surface area contributed by atoms with Gasteiger partial charge in [0.15, 0.2) is 0 Å². The Morgan fingerprint density at radius 3 is 1.50 bits per heavy atom. The van der Waals surface area contributed by atoms with Gasteiger partial charge in [0.1, 0.15) is 0 Å². The number of rotatable bonds is 5. The van der Waals surface area contributed by atoms with Gasteiger partial charge in [0.25, 0.3) is 6.71 Å². The van der Waals surface area contributed by atoms with Crippen molar-refractivity contribution in [1.82, 2.24) is 0 Å². The Morgan fingerprint density at radius 2 is 0.927 bits per heavy atom. The van der Waals surface area contributed by atoms with Crippen LogP contribution in [0.5, 0.6) is 0 Å². The first-order valence-electron chi connectivity index (χ1n) is 31.8. The topological polar surface area (TPSA) is 9.72 Å². The van der Waals surface area contributed by atoms with Crippen LogP contribution in [0.2, 0.25) is 0 Å². The minimum atomic E-state index is -2.42. The van der Waals surface area contributed by atoms with E-state index in [1.165, 1.54) is 75.6 Å². The molecule has 8 aromatic carbocycles. The summed E-state index contributed by atoms with van der Waals surface area (Å²) in [5.74, 6) is 0. The summed E-state index contributed by atoms with van der Waals surface area (Å²) in [6.45, 7) is 39.5. The molecule has 1 aromatic heterocycles. The molecular weight excluding hydrogens is 1010 g/mol. The predicted molar refractivity (Wildman–Crippen MR) is 360 cm³/mol. The summed E-state index contributed by atoms with van der Waals surface area (Å²) >= 11 is 1.85. The number of benzene rings is 8. The molecule has 0 spiro atoms. The van der Waals surface area contributed by atoms with Crippen molar-refractivity contribution in [2.75, 3.05) is 14.7 Å². The lowest BCUT2D eigenvalue weighted by Crippen LogP contribution is -2.61. The van der Waals surface area contributed by atoms with Crippen LogP contribution in [-0.4, -0.2) is 6.71 Å². The SMILES string of the molecule is [2H]C([2H])([2H])c1cc2c3c(c1)N(c1cc4c(cc1C)C(C)(C)CCC4(C)C)c1cc4c(cc1B3c1ccc(N(c3ccc(C(C)(C)C)cc3)c3ccc(C(C)(C)C)cc3)cc1N2c1ccc2c(c1)sc1cc(C(C)(C)C)ccc12)C(C)(C)CC4(C)C. The molecular formula is C77H86BN3S. The summed E-state index contributed by atoms with van der Waals surface area (Å²) in [6, 6.07) is 53.6. The van der Waals surface area contributed by atoms with Gasteiger partial charge in [-0.25, -0.2) is 0 Å². The molecule has 0 saturated heterocycles. The average Bonchev–Trinajstić information content (AvgIpc) is 1.46. The standard InChI is InChI=1S/C77H86BN3S/c1-46-36-66-70-67(37-46)81(63-43-59-57(38-47(63)2)74(12,13)34-35-75(59,14)15)65-44-60-58(76(16,17)45-77(60,18)19)42-62(65)78(70)61-33-30-53(79(51-25-20-48(21-26-51)71(3,4)5)52-27-22-49(23-28-52)72(6,7)8)40-64(61)80(66)54-29-32-56-55-31-24-50(73(9,10)11)39-68(55)82-69(56)41-54/h20-33,36-44H,34-35,45H2,1-19H3/i1D3. The van der Waals surface area contributed by atoms with Crippen LogP contribution in [0, 0.1) is 13.8 Å². The van der Waals surface area contributed by atoms with Crippen LogP contribution < -0.4 is 31.1 Å². The third-order valence-electron chi connectivity index (χ3n) is 19.8. The molecule has 0 bridgehead atoms. The van der Waals surface area contributed by atoms with E-state index in [2.05, 4.69) is 267 Å². The molecule has 0 atom stereocenters. The van der Waals surface area contributed by atoms with Crippen LogP contribution in [0.15, 0.2) is 140 Å². The largest absolute Gasteiger partial charge is 0.311 e. The van der Waals surface area contributed by atoms with Crippen LogP contribution in [0.4, 0.5) is 51.2 Å². The van der Waals surface area contributed by atoms with Gasteiger partial charge < -0.3 is 14.7 Å². The highest BCUT2D eigenvalue weighted by Gasteiger charge is 2.49. The van der Waals surface area contributed by atoms with E-state index in [9.17, 15) is 4.11 Å². The Labute approximate surface area is 500 Å². The van der Waals surface area contributed by atoms with Gasteiger partial charge in [0, 0.05) is 75.5 Å². The molecule has 9 aromatic rings. The summed E-state index contributed by atoms with van der Waals surface area (Å²) in [4.78, 5) is 7.36. The van der Waals surface area contributed by atoms with E-state index in [0.29, 0.717) is 5.56 Å². The highest BCUT2D eigenvalue weighted by Crippen LogP contribution is 2.55. The molecule has 82 heavy (non-hydrogen) atoms. The molecule has 3 heterocycles. The molecule has 13 rings (SSSR count). The molecule has 418 valence electrons. The summed E-state index contributed by atoms with van der Waals surface area (Å²) < 4.78 is 30.8. The fourth-order valence-electron chi connectivity index (χ4n) is 15.1. The summed E-state index contributed by atoms with van der Waals surface area (Å²) in [6.07, 6.45) is 3.24. The van der Waals surface area contributed by atoms with Gasteiger partial charge in [-0.1, -0.05) is 178 Å². The Morgan fingerprint density at radius 1 is 0.451 bits per heavy atom. The van der Waals surface area contributed by atoms with Crippen molar-refractivity contribution < 1.29 is 4.11 Å². The highest BCUT2D eigenvalue weighted by molar-refractivity contribution is 7.25. The zero-order valence-corrected chi connectivity index (χ0v) is 53.0. The quantitative estimate of drug-likeness (QED) is 0.159. The van der Waals surface area contributed by atoms with E-state index >= 15 is 0 Å². The Bertz CT molecular complexity index is 4170. The summed E-state index contributed by atoms with van der Waals surface area (Å²) in [7, 11) is 0. The smallest absolute Gasteiger partial charge is 0.252 e. The van der Waals surface area contributed by atoms with Crippen molar-refractivity contribution in [1.29, 1.82) is 0 Å². The van der Waals surface area contributed by atoms with E-state index in [1.807, 2.05) is 23.5 Å². The van der Waals surface area contributed by atoms with E-state index in [4.69, 9.17) is 0 Å². The lowest BCUT2D eigenvalue weighted by atomic mass is 9.33. The maximum Gasteiger partial charge on any atom is 0.252 e. The third-order valence-corrected chi connectivity index (χ3v) is 20.9. The lowest BCUT2D eigenvalue weighted by molar-refractivity contribution is 0.332. The molecule has 4 aliphatic rings. The van der Waals surface area contributed by atoms with Gasteiger partial charge in [-0.3, -0.25) is 0 Å². The molecule has 0 fully saturated rings. The van der Waals surface area contributed by atoms with Gasteiger partial charge in [0.05, 0.1) is 0 Å². The first-order valence-corrected chi connectivity index (χ1v) is 31.1. The predicted octanol–water partition coefficient (Wildman–Crippen LogP) is 20.4. The summed E-state index contributed by atoms with van der Waals surface area (Å²) in [5, 5.41) is 2.48. The van der Waals surface area contributed by atoms with Crippen molar-refractivity contribution in [3.8, 4) is 0 Å². The van der Waals surface area contributed by atoms with E-state index in [0.717, 1.165) is 75.9 Å². The summed E-state index contributed by atoms with van der Waals surface area (Å²) in [5.41, 5.74) is 23.6. The first-order chi connectivity index (χ1) is 39.5. The number of fused-ring (bicyclic) bond motifs is 9. The molecule has 0 amide bonds. The average molecular weight is 1100 g/mol. The van der Waals surface area contributed by atoms with Gasteiger partial charge >= 0.3 is 0 Å². The highest BCUT2D eigenvalue weighted by atomic mass is 32.1. The van der Waals surface area contributed by atoms with Gasteiger partial charge in [0.2, 0.25) is 0 Å². The Kier molecular flexibility index (Phi) is 11.2. The zero-order chi connectivity index (χ0) is 60.8. The van der Waals surface area contributed by atoms with Crippen molar-refractivity contribution >= 4 is 106 Å². The second-order valence-electron chi connectivity index (χ2n) is 30.8. The molecule has 0 saturated carbocycles. The van der Waals surface area contributed by atoms with Crippen LogP contribution in [0.3, 0.4) is 0 Å². The Hall–Kier alpha value is -6.56.